The summed E-state index contributed by atoms with van der Waals surface area (Å²) >= 11 is 0. The number of pyridine rings is 2. The minimum atomic E-state index is -0.342. The van der Waals surface area contributed by atoms with Gasteiger partial charge >= 0.3 is 0 Å². The Bertz CT molecular complexity index is 1030. The van der Waals surface area contributed by atoms with Crippen LogP contribution in [0.2, 0.25) is 0 Å². The lowest BCUT2D eigenvalue weighted by Crippen LogP contribution is -2.24. The third kappa shape index (κ3) is 4.73. The fourth-order valence-electron chi connectivity index (χ4n) is 4.13. The third-order valence-corrected chi connectivity index (χ3v) is 5.65. The van der Waals surface area contributed by atoms with Gasteiger partial charge in [0.25, 0.3) is 5.91 Å². The van der Waals surface area contributed by atoms with Gasteiger partial charge in [-0.2, -0.15) is 0 Å². The number of hydrogen-bond acceptors (Lipinski definition) is 3. The molecule has 0 saturated carbocycles. The zero-order valence-corrected chi connectivity index (χ0v) is 17.2. The summed E-state index contributed by atoms with van der Waals surface area (Å²) in [7, 11) is 0. The first-order chi connectivity index (χ1) is 14.6. The van der Waals surface area contributed by atoms with Gasteiger partial charge in [0.1, 0.15) is 5.82 Å². The molecule has 2 heterocycles. The molecule has 0 spiro atoms. The van der Waals surface area contributed by atoms with Gasteiger partial charge in [0.2, 0.25) is 0 Å². The summed E-state index contributed by atoms with van der Waals surface area (Å²) in [5, 5.41) is 2.89. The van der Waals surface area contributed by atoms with Gasteiger partial charge in [0, 0.05) is 41.8 Å². The summed E-state index contributed by atoms with van der Waals surface area (Å²) in [6.45, 7) is 2.64. The van der Waals surface area contributed by atoms with Crippen LogP contribution in [0.25, 0.3) is 0 Å². The lowest BCUT2D eigenvalue weighted by molar-refractivity contribution is 0.0953. The number of carbonyl (C=O) groups is 1. The number of nitrogens with one attached hydrogen (secondary N) is 1. The molecule has 2 aromatic heterocycles. The van der Waals surface area contributed by atoms with Gasteiger partial charge in [-0.15, -0.1) is 0 Å². The van der Waals surface area contributed by atoms with Crippen molar-refractivity contribution in [1.82, 2.24) is 15.3 Å². The first-order valence-electron chi connectivity index (χ1n) is 10.5. The summed E-state index contributed by atoms with van der Waals surface area (Å²) in [6.07, 6.45) is 8.77. The summed E-state index contributed by atoms with van der Waals surface area (Å²) < 4.78 is 13.0. The Morgan fingerprint density at radius 1 is 1.17 bits per heavy atom. The van der Waals surface area contributed by atoms with E-state index >= 15 is 0 Å². The van der Waals surface area contributed by atoms with Crippen molar-refractivity contribution in [3.63, 3.8) is 0 Å². The maximum absolute atomic E-state index is 13.0. The van der Waals surface area contributed by atoms with E-state index in [1.165, 1.54) is 46.6 Å². The van der Waals surface area contributed by atoms with Gasteiger partial charge < -0.3 is 5.32 Å². The molecule has 154 valence electrons. The number of fused-ring (bicyclic) bond motifs is 1. The molecule has 0 aliphatic heterocycles. The molecule has 0 unspecified atom stereocenters. The van der Waals surface area contributed by atoms with Crippen molar-refractivity contribution in [3.8, 4) is 0 Å². The van der Waals surface area contributed by atoms with Crippen LogP contribution in [0.5, 0.6) is 0 Å². The maximum Gasteiger partial charge on any atom is 0.251 e. The highest BCUT2D eigenvalue weighted by molar-refractivity contribution is 5.94. The van der Waals surface area contributed by atoms with E-state index < -0.39 is 0 Å². The van der Waals surface area contributed by atoms with E-state index in [1.807, 2.05) is 12.4 Å². The molecule has 1 N–H and O–H groups in total. The van der Waals surface area contributed by atoms with Crippen molar-refractivity contribution >= 4 is 5.91 Å². The Kier molecular flexibility index (Phi) is 6.17. The van der Waals surface area contributed by atoms with Crippen LogP contribution in [0.3, 0.4) is 0 Å². The third-order valence-electron chi connectivity index (χ3n) is 5.65. The summed E-state index contributed by atoms with van der Waals surface area (Å²) in [5.74, 6) is -0.147. The van der Waals surface area contributed by atoms with Crippen LogP contribution in [-0.2, 0) is 12.8 Å². The number of amides is 1. The second kappa shape index (κ2) is 9.16. The van der Waals surface area contributed by atoms with Crippen molar-refractivity contribution in [1.29, 1.82) is 0 Å². The van der Waals surface area contributed by atoms with Crippen molar-refractivity contribution in [2.24, 2.45) is 0 Å². The number of benzene rings is 1. The normalized spacial score (nSPS) is 15.5. The zero-order chi connectivity index (χ0) is 20.9. The number of aryl methyl sites for hydroxylation is 3. The predicted molar refractivity (Wildman–Crippen MR) is 115 cm³/mol. The van der Waals surface area contributed by atoms with Gasteiger partial charge in [-0.3, -0.25) is 14.8 Å². The molecule has 1 aliphatic carbocycles. The van der Waals surface area contributed by atoms with Gasteiger partial charge in [-0.25, -0.2) is 4.39 Å². The lowest BCUT2D eigenvalue weighted by Gasteiger charge is -2.25. The van der Waals surface area contributed by atoms with E-state index in [0.717, 1.165) is 37.8 Å². The topological polar surface area (TPSA) is 54.9 Å². The van der Waals surface area contributed by atoms with E-state index in [9.17, 15) is 9.18 Å². The Hall–Kier alpha value is -3.08. The number of nitrogens with zero attached hydrogens (tertiary/aromatic N) is 2. The van der Waals surface area contributed by atoms with Crippen LogP contribution in [0.15, 0.2) is 54.9 Å². The number of halogens is 1. The Morgan fingerprint density at radius 2 is 2.00 bits per heavy atom. The summed E-state index contributed by atoms with van der Waals surface area (Å²) in [5.41, 5.74) is 6.51. The molecule has 30 heavy (non-hydrogen) atoms. The fourth-order valence-corrected chi connectivity index (χ4v) is 4.13. The Labute approximate surface area is 176 Å². The molecule has 4 rings (SSSR count). The fraction of sp³-hybridized carbons (Fsp3) is 0.320. The van der Waals surface area contributed by atoms with Crippen LogP contribution in [-0.4, -0.2) is 22.4 Å². The van der Waals surface area contributed by atoms with E-state index in [4.69, 9.17) is 4.98 Å². The highest BCUT2D eigenvalue weighted by Gasteiger charge is 2.23. The highest BCUT2D eigenvalue weighted by Crippen LogP contribution is 2.36. The molecule has 5 heteroatoms. The molecule has 1 aromatic carbocycles. The van der Waals surface area contributed by atoms with Crippen LogP contribution in [0.1, 0.15) is 63.6 Å². The molecule has 3 aromatic rings. The minimum Gasteiger partial charge on any atom is -0.352 e. The largest absolute Gasteiger partial charge is 0.352 e. The summed E-state index contributed by atoms with van der Waals surface area (Å²) in [6, 6.07) is 12.2. The molecule has 4 nitrogen and oxygen atoms in total. The number of rotatable bonds is 6. The van der Waals surface area contributed by atoms with Gasteiger partial charge in [-0.05, 0) is 86.1 Å². The smallest absolute Gasteiger partial charge is 0.251 e. The molecular formula is C25H26FN3O. The molecule has 0 radical (unpaired) electrons. The Morgan fingerprint density at radius 3 is 2.80 bits per heavy atom. The van der Waals surface area contributed by atoms with Crippen molar-refractivity contribution < 1.29 is 9.18 Å². The molecule has 0 fully saturated rings. The van der Waals surface area contributed by atoms with Crippen LogP contribution < -0.4 is 5.32 Å². The lowest BCUT2D eigenvalue weighted by atomic mass is 9.81. The van der Waals surface area contributed by atoms with Crippen LogP contribution in [0, 0.1) is 12.7 Å². The average Bonchev–Trinajstić information content (AvgIpc) is 2.76. The maximum atomic E-state index is 13.0. The summed E-state index contributed by atoms with van der Waals surface area (Å²) in [4.78, 5) is 21.4. The monoisotopic (exact) mass is 403 g/mol. The predicted octanol–water partition coefficient (Wildman–Crippen LogP) is 4.75. The van der Waals surface area contributed by atoms with Gasteiger partial charge in [-0.1, -0.05) is 12.1 Å². The van der Waals surface area contributed by atoms with Crippen molar-refractivity contribution in [2.75, 3.05) is 6.54 Å². The molecule has 1 amide bonds. The SMILES string of the molecule is Cc1cncc([C@@H]2CCCc3nc(CCCNC(=O)c4ccc(F)cc4)ccc32)c1. The van der Waals surface area contributed by atoms with Crippen LogP contribution in [0.4, 0.5) is 4.39 Å². The van der Waals surface area contributed by atoms with Crippen LogP contribution >= 0.6 is 0 Å². The zero-order valence-electron chi connectivity index (χ0n) is 17.2. The van der Waals surface area contributed by atoms with Gasteiger partial charge in [0.05, 0.1) is 0 Å². The van der Waals surface area contributed by atoms with Crippen molar-refractivity contribution in [3.05, 3.63) is 94.3 Å². The van der Waals surface area contributed by atoms with Crippen molar-refractivity contribution in [2.45, 2.75) is 44.9 Å². The first kappa shape index (κ1) is 20.2. The van der Waals surface area contributed by atoms with E-state index in [1.54, 1.807) is 0 Å². The van der Waals surface area contributed by atoms with E-state index in [2.05, 4.69) is 35.4 Å². The van der Waals surface area contributed by atoms with E-state index in [-0.39, 0.29) is 11.7 Å². The van der Waals surface area contributed by atoms with E-state index in [0.29, 0.717) is 18.0 Å². The number of carbonyl (C=O) groups excluding carboxylic acids is 1. The first-order valence-corrected chi connectivity index (χ1v) is 10.5. The second-order valence-corrected chi connectivity index (χ2v) is 7.95. The average molecular weight is 404 g/mol. The Balaban J connectivity index is 1.35. The number of hydrogen-bond donors (Lipinski definition) is 1. The highest BCUT2D eigenvalue weighted by atomic mass is 19.1. The van der Waals surface area contributed by atoms with Gasteiger partial charge in [0.15, 0.2) is 0 Å². The molecule has 0 saturated heterocycles. The minimum absolute atomic E-state index is 0.178. The molecule has 1 aliphatic rings. The quantitative estimate of drug-likeness (QED) is 0.604. The number of aromatic nitrogens is 2. The standard InChI is InChI=1S/C25H26FN3O/c1-17-14-19(16-27-15-17)22-5-2-6-24-23(22)12-11-21(29-24)4-3-13-28-25(30)18-7-9-20(26)10-8-18/h7-12,14-16,22H,2-6,13H2,1H3,(H,28,30)/t22-/m0/s1. The molecule has 1 atom stereocenters. The molecular weight excluding hydrogens is 377 g/mol. The second-order valence-electron chi connectivity index (χ2n) is 7.95. The molecule has 0 bridgehead atoms.